The molecule has 0 radical (unpaired) electrons. The van der Waals surface area contributed by atoms with Crippen LogP contribution in [0.3, 0.4) is 0 Å². The fourth-order valence-electron chi connectivity index (χ4n) is 2.49. The molecule has 104 valence electrons. The van der Waals surface area contributed by atoms with Crippen molar-refractivity contribution in [1.29, 1.82) is 5.26 Å². The molecular formula is C16H14N4O. The van der Waals surface area contributed by atoms with Gasteiger partial charge in [-0.25, -0.2) is 4.79 Å². The van der Waals surface area contributed by atoms with Crippen LogP contribution in [0.1, 0.15) is 11.1 Å². The van der Waals surface area contributed by atoms with E-state index >= 15 is 0 Å². The van der Waals surface area contributed by atoms with Gasteiger partial charge in [-0.05, 0) is 48.4 Å². The molecule has 2 aromatic rings. The summed E-state index contributed by atoms with van der Waals surface area (Å²) in [5.41, 5.74) is 9.56. The molecular weight excluding hydrogens is 264 g/mol. The Morgan fingerprint density at radius 1 is 1.29 bits per heavy atom. The molecule has 0 unspecified atom stereocenters. The van der Waals surface area contributed by atoms with Gasteiger partial charge in [0, 0.05) is 23.6 Å². The standard InChI is InChI=1S/C16H14N4O/c17-10-11-2-1-3-14(8-11)19-16(21)20-7-6-12-9-13(18)4-5-15(12)20/h1-5,8-9H,6-7,18H2,(H,19,21). The van der Waals surface area contributed by atoms with E-state index < -0.39 is 0 Å². The van der Waals surface area contributed by atoms with E-state index in [0.29, 0.717) is 23.5 Å². The lowest BCUT2D eigenvalue weighted by Crippen LogP contribution is -2.33. The molecule has 21 heavy (non-hydrogen) atoms. The maximum atomic E-state index is 12.4. The number of nitrogens with two attached hydrogens (primary N) is 1. The predicted molar refractivity (Wildman–Crippen MR) is 82.1 cm³/mol. The van der Waals surface area contributed by atoms with Gasteiger partial charge in [0.2, 0.25) is 0 Å². The normalized spacial score (nSPS) is 12.6. The molecule has 0 saturated carbocycles. The van der Waals surface area contributed by atoms with Crippen LogP contribution < -0.4 is 16.0 Å². The first-order valence-electron chi connectivity index (χ1n) is 6.64. The first kappa shape index (κ1) is 13.0. The highest BCUT2D eigenvalue weighted by atomic mass is 16.2. The van der Waals surface area contributed by atoms with Gasteiger partial charge >= 0.3 is 6.03 Å². The fourth-order valence-corrected chi connectivity index (χ4v) is 2.49. The average molecular weight is 278 g/mol. The Labute approximate surface area is 122 Å². The van der Waals surface area contributed by atoms with E-state index in [0.717, 1.165) is 17.7 Å². The van der Waals surface area contributed by atoms with Gasteiger partial charge in [-0.15, -0.1) is 0 Å². The van der Waals surface area contributed by atoms with Crippen LogP contribution in [0.5, 0.6) is 0 Å². The highest BCUT2D eigenvalue weighted by Gasteiger charge is 2.24. The van der Waals surface area contributed by atoms with Crippen molar-refractivity contribution in [2.24, 2.45) is 0 Å². The summed E-state index contributed by atoms with van der Waals surface area (Å²) in [5, 5.41) is 11.7. The second kappa shape index (κ2) is 5.17. The number of fused-ring (bicyclic) bond motifs is 1. The molecule has 5 nitrogen and oxygen atoms in total. The van der Waals surface area contributed by atoms with Crippen LogP contribution in [0.25, 0.3) is 0 Å². The predicted octanol–water partition coefficient (Wildman–Crippen LogP) is 2.74. The Bertz CT molecular complexity index is 748. The summed E-state index contributed by atoms with van der Waals surface area (Å²) in [4.78, 5) is 14.1. The largest absolute Gasteiger partial charge is 0.399 e. The number of amides is 2. The van der Waals surface area contributed by atoms with Crippen LogP contribution >= 0.6 is 0 Å². The van der Waals surface area contributed by atoms with Crippen molar-refractivity contribution in [2.45, 2.75) is 6.42 Å². The third-order valence-electron chi connectivity index (χ3n) is 3.49. The molecule has 0 atom stereocenters. The zero-order valence-corrected chi connectivity index (χ0v) is 11.3. The molecule has 0 spiro atoms. The van der Waals surface area contributed by atoms with Crippen molar-refractivity contribution in [3.63, 3.8) is 0 Å². The van der Waals surface area contributed by atoms with Gasteiger partial charge in [-0.2, -0.15) is 5.26 Å². The second-order valence-corrected chi connectivity index (χ2v) is 4.91. The number of anilines is 3. The lowest BCUT2D eigenvalue weighted by atomic mass is 10.1. The van der Waals surface area contributed by atoms with Gasteiger partial charge in [0.05, 0.1) is 11.6 Å². The van der Waals surface area contributed by atoms with Gasteiger partial charge in [-0.3, -0.25) is 4.90 Å². The van der Waals surface area contributed by atoms with Crippen LogP contribution in [0.15, 0.2) is 42.5 Å². The molecule has 3 rings (SSSR count). The number of hydrogen-bond acceptors (Lipinski definition) is 3. The second-order valence-electron chi connectivity index (χ2n) is 4.91. The van der Waals surface area contributed by atoms with Crippen molar-refractivity contribution < 1.29 is 4.79 Å². The molecule has 1 heterocycles. The fraction of sp³-hybridized carbons (Fsp3) is 0.125. The number of carbonyl (C=O) groups excluding carboxylic acids is 1. The zero-order valence-electron chi connectivity index (χ0n) is 11.3. The van der Waals surface area contributed by atoms with Crippen molar-refractivity contribution in [3.8, 4) is 6.07 Å². The van der Waals surface area contributed by atoms with Gasteiger partial charge < -0.3 is 11.1 Å². The summed E-state index contributed by atoms with van der Waals surface area (Å²) in [7, 11) is 0. The maximum absolute atomic E-state index is 12.4. The van der Waals surface area contributed by atoms with Crippen LogP contribution in [-0.4, -0.2) is 12.6 Å². The number of nitrogens with one attached hydrogen (secondary N) is 1. The first-order chi connectivity index (χ1) is 10.2. The molecule has 3 N–H and O–H groups in total. The van der Waals surface area contributed by atoms with E-state index in [1.54, 1.807) is 35.2 Å². The van der Waals surface area contributed by atoms with E-state index in [1.165, 1.54) is 0 Å². The Balaban J connectivity index is 1.80. The molecule has 0 fully saturated rings. The maximum Gasteiger partial charge on any atom is 0.326 e. The van der Waals surface area contributed by atoms with Crippen LogP contribution in [0, 0.1) is 11.3 Å². The smallest absolute Gasteiger partial charge is 0.326 e. The molecule has 0 bridgehead atoms. The minimum atomic E-state index is -0.200. The van der Waals surface area contributed by atoms with Crippen molar-refractivity contribution in [3.05, 3.63) is 53.6 Å². The number of hydrogen-bond donors (Lipinski definition) is 2. The summed E-state index contributed by atoms with van der Waals surface area (Å²) in [5.74, 6) is 0. The molecule has 0 aromatic heterocycles. The summed E-state index contributed by atoms with van der Waals surface area (Å²) < 4.78 is 0. The van der Waals surface area contributed by atoms with Crippen molar-refractivity contribution >= 4 is 23.1 Å². The average Bonchev–Trinajstić information content (AvgIpc) is 2.90. The first-order valence-corrected chi connectivity index (χ1v) is 6.64. The Kier molecular flexibility index (Phi) is 3.20. The number of carbonyl (C=O) groups is 1. The topological polar surface area (TPSA) is 82.2 Å². The third-order valence-corrected chi connectivity index (χ3v) is 3.49. The summed E-state index contributed by atoms with van der Waals surface area (Å²) in [6.45, 7) is 0.628. The van der Waals surface area contributed by atoms with Gasteiger partial charge in [-0.1, -0.05) is 6.07 Å². The lowest BCUT2D eigenvalue weighted by molar-refractivity contribution is 0.257. The number of benzene rings is 2. The highest BCUT2D eigenvalue weighted by molar-refractivity contribution is 6.03. The number of rotatable bonds is 1. The van der Waals surface area contributed by atoms with Crippen molar-refractivity contribution in [1.82, 2.24) is 0 Å². The van der Waals surface area contributed by atoms with Crippen LogP contribution in [0.2, 0.25) is 0 Å². The SMILES string of the molecule is N#Cc1cccc(NC(=O)N2CCc3cc(N)ccc32)c1. The van der Waals surface area contributed by atoms with Gasteiger partial charge in [0.1, 0.15) is 0 Å². The monoisotopic (exact) mass is 278 g/mol. The Morgan fingerprint density at radius 2 is 2.14 bits per heavy atom. The molecule has 2 aromatic carbocycles. The van der Waals surface area contributed by atoms with E-state index in [9.17, 15) is 4.79 Å². The van der Waals surface area contributed by atoms with E-state index in [1.807, 2.05) is 12.1 Å². The molecule has 0 aliphatic carbocycles. The van der Waals surface area contributed by atoms with Crippen molar-refractivity contribution in [2.75, 3.05) is 22.5 Å². The summed E-state index contributed by atoms with van der Waals surface area (Å²) in [6, 6.07) is 14.3. The van der Waals surface area contributed by atoms with Gasteiger partial charge in [0.15, 0.2) is 0 Å². The zero-order chi connectivity index (χ0) is 14.8. The molecule has 0 saturated heterocycles. The Hall–Kier alpha value is -3.00. The molecule has 1 aliphatic heterocycles. The van der Waals surface area contributed by atoms with E-state index in [-0.39, 0.29) is 6.03 Å². The van der Waals surface area contributed by atoms with E-state index in [2.05, 4.69) is 11.4 Å². The Morgan fingerprint density at radius 3 is 2.95 bits per heavy atom. The molecule has 1 aliphatic rings. The third kappa shape index (κ3) is 2.51. The minimum Gasteiger partial charge on any atom is -0.399 e. The van der Waals surface area contributed by atoms with Crippen LogP contribution in [-0.2, 0) is 6.42 Å². The highest BCUT2D eigenvalue weighted by Crippen LogP contribution is 2.30. The quantitative estimate of drug-likeness (QED) is 0.787. The summed E-state index contributed by atoms with van der Waals surface area (Å²) >= 11 is 0. The minimum absolute atomic E-state index is 0.200. The number of urea groups is 1. The van der Waals surface area contributed by atoms with Gasteiger partial charge in [0.25, 0.3) is 0 Å². The number of nitrogen functional groups attached to an aromatic ring is 1. The van der Waals surface area contributed by atoms with Crippen LogP contribution in [0.4, 0.5) is 21.9 Å². The van der Waals surface area contributed by atoms with E-state index in [4.69, 9.17) is 11.0 Å². The molecule has 5 heteroatoms. The lowest BCUT2D eigenvalue weighted by Gasteiger charge is -2.18. The molecule has 2 amide bonds. The summed E-state index contributed by atoms with van der Waals surface area (Å²) in [6.07, 6.45) is 0.798. The number of nitriles is 1. The number of nitrogens with zero attached hydrogens (tertiary/aromatic N) is 2.